The summed E-state index contributed by atoms with van der Waals surface area (Å²) in [6, 6.07) is 2.30. The van der Waals surface area contributed by atoms with Crippen LogP contribution in [0.3, 0.4) is 0 Å². The molecule has 1 aliphatic carbocycles. The van der Waals surface area contributed by atoms with Gasteiger partial charge in [0.05, 0.1) is 12.0 Å². The Kier molecular flexibility index (Phi) is 3.27. The lowest BCUT2D eigenvalue weighted by Crippen LogP contribution is -2.61. The summed E-state index contributed by atoms with van der Waals surface area (Å²) in [5.74, 6) is 0.119. The summed E-state index contributed by atoms with van der Waals surface area (Å²) in [4.78, 5) is 14.1. The van der Waals surface area contributed by atoms with Crippen LogP contribution in [-0.4, -0.2) is 28.7 Å². The summed E-state index contributed by atoms with van der Waals surface area (Å²) in [6.07, 6.45) is 4.64. The Hall–Kier alpha value is -1.24. The minimum absolute atomic E-state index is 0.0824. The molecule has 4 nitrogen and oxygen atoms in total. The number of rotatable bonds is 0. The number of carbonyl (C=O) groups is 1. The standard InChI is InChI=1S/C14H22N2O2/c1-13(2,3)18-12(17)16-7-5-4-6-14(16)8-11(9-14)10-15/h11H,4-9H2,1-3H3. The van der Waals surface area contributed by atoms with Crippen molar-refractivity contribution in [1.29, 1.82) is 5.26 Å². The average molecular weight is 250 g/mol. The molecule has 0 N–H and O–H groups in total. The van der Waals surface area contributed by atoms with Gasteiger partial charge in [-0.3, -0.25) is 0 Å². The highest BCUT2D eigenvalue weighted by atomic mass is 16.6. The van der Waals surface area contributed by atoms with E-state index in [1.807, 2.05) is 25.7 Å². The Labute approximate surface area is 109 Å². The maximum Gasteiger partial charge on any atom is 0.410 e. The van der Waals surface area contributed by atoms with Crippen LogP contribution in [0.2, 0.25) is 0 Å². The maximum absolute atomic E-state index is 12.2. The van der Waals surface area contributed by atoms with Crippen LogP contribution in [-0.2, 0) is 4.74 Å². The topological polar surface area (TPSA) is 53.3 Å². The number of nitriles is 1. The van der Waals surface area contributed by atoms with Crippen molar-refractivity contribution in [3.8, 4) is 6.07 Å². The molecule has 0 radical (unpaired) electrons. The van der Waals surface area contributed by atoms with Gasteiger partial charge < -0.3 is 9.64 Å². The highest BCUT2D eigenvalue weighted by molar-refractivity contribution is 5.69. The average Bonchev–Trinajstić information content (AvgIpc) is 2.23. The second kappa shape index (κ2) is 4.46. The van der Waals surface area contributed by atoms with E-state index < -0.39 is 5.60 Å². The lowest BCUT2D eigenvalue weighted by Gasteiger charge is -2.54. The van der Waals surface area contributed by atoms with Gasteiger partial charge in [-0.05, 0) is 52.9 Å². The second-order valence-corrected chi connectivity index (χ2v) is 6.55. The van der Waals surface area contributed by atoms with Crippen molar-refractivity contribution in [3.63, 3.8) is 0 Å². The quantitative estimate of drug-likeness (QED) is 0.664. The van der Waals surface area contributed by atoms with E-state index in [1.165, 1.54) is 0 Å². The maximum atomic E-state index is 12.2. The monoisotopic (exact) mass is 250 g/mol. The number of amides is 1. The van der Waals surface area contributed by atoms with Gasteiger partial charge in [0.15, 0.2) is 0 Å². The van der Waals surface area contributed by atoms with E-state index in [9.17, 15) is 4.79 Å². The number of piperidine rings is 1. The molecule has 1 amide bonds. The van der Waals surface area contributed by atoms with E-state index in [0.717, 1.165) is 38.6 Å². The Bertz CT molecular complexity index is 372. The van der Waals surface area contributed by atoms with Crippen molar-refractivity contribution in [1.82, 2.24) is 4.90 Å². The third-order valence-corrected chi connectivity index (χ3v) is 3.90. The lowest BCUT2D eigenvalue weighted by atomic mass is 9.64. The molecule has 2 fully saturated rings. The van der Waals surface area contributed by atoms with Gasteiger partial charge in [0.25, 0.3) is 0 Å². The molecule has 2 rings (SSSR count). The Morgan fingerprint density at radius 1 is 1.39 bits per heavy atom. The number of nitrogens with zero attached hydrogens (tertiary/aromatic N) is 2. The summed E-state index contributed by atoms with van der Waals surface area (Å²) in [6.45, 7) is 6.44. The molecule has 0 aromatic heterocycles. The van der Waals surface area contributed by atoms with Gasteiger partial charge in [-0.1, -0.05) is 0 Å². The van der Waals surface area contributed by atoms with Crippen LogP contribution in [0.15, 0.2) is 0 Å². The minimum Gasteiger partial charge on any atom is -0.444 e. The molecular formula is C14H22N2O2. The predicted molar refractivity (Wildman–Crippen MR) is 67.9 cm³/mol. The van der Waals surface area contributed by atoms with Crippen molar-refractivity contribution < 1.29 is 9.53 Å². The summed E-state index contributed by atoms with van der Waals surface area (Å²) < 4.78 is 5.48. The third kappa shape index (κ3) is 2.45. The van der Waals surface area contributed by atoms with Gasteiger partial charge in [0, 0.05) is 12.1 Å². The molecule has 0 unspecified atom stereocenters. The summed E-state index contributed by atoms with van der Waals surface area (Å²) in [5, 5.41) is 8.93. The van der Waals surface area contributed by atoms with Crippen molar-refractivity contribution in [2.75, 3.05) is 6.54 Å². The fraction of sp³-hybridized carbons (Fsp3) is 0.857. The van der Waals surface area contributed by atoms with Gasteiger partial charge in [0.1, 0.15) is 5.60 Å². The van der Waals surface area contributed by atoms with Crippen LogP contribution in [0, 0.1) is 17.2 Å². The second-order valence-electron chi connectivity index (χ2n) is 6.55. The van der Waals surface area contributed by atoms with E-state index >= 15 is 0 Å². The Balaban J connectivity index is 2.06. The molecule has 0 bridgehead atoms. The van der Waals surface area contributed by atoms with E-state index in [0.29, 0.717) is 0 Å². The van der Waals surface area contributed by atoms with Crippen LogP contribution in [0.5, 0.6) is 0 Å². The van der Waals surface area contributed by atoms with E-state index in [2.05, 4.69) is 6.07 Å². The lowest BCUT2D eigenvalue weighted by molar-refractivity contribution is -0.0547. The fourth-order valence-electron chi connectivity index (χ4n) is 3.07. The van der Waals surface area contributed by atoms with Crippen LogP contribution in [0.25, 0.3) is 0 Å². The number of hydrogen-bond donors (Lipinski definition) is 0. The van der Waals surface area contributed by atoms with Crippen LogP contribution >= 0.6 is 0 Å². The Morgan fingerprint density at radius 2 is 2.06 bits per heavy atom. The van der Waals surface area contributed by atoms with E-state index in [1.54, 1.807) is 0 Å². The SMILES string of the molecule is CC(C)(C)OC(=O)N1CCCCC12CC(C#N)C2. The van der Waals surface area contributed by atoms with Crippen molar-refractivity contribution >= 4 is 6.09 Å². The number of hydrogen-bond acceptors (Lipinski definition) is 3. The molecule has 0 aromatic rings. The first kappa shape index (κ1) is 13.2. The van der Waals surface area contributed by atoms with Crippen LogP contribution < -0.4 is 0 Å². The van der Waals surface area contributed by atoms with Crippen LogP contribution in [0.1, 0.15) is 52.9 Å². The number of carbonyl (C=O) groups excluding carboxylic acids is 1. The highest BCUT2D eigenvalue weighted by Crippen LogP contribution is 2.48. The van der Waals surface area contributed by atoms with Crippen LogP contribution in [0.4, 0.5) is 4.79 Å². The molecule has 1 aliphatic heterocycles. The molecule has 18 heavy (non-hydrogen) atoms. The molecule has 1 heterocycles. The first-order valence-corrected chi connectivity index (χ1v) is 6.77. The van der Waals surface area contributed by atoms with Gasteiger partial charge >= 0.3 is 6.09 Å². The molecule has 1 spiro atoms. The van der Waals surface area contributed by atoms with Gasteiger partial charge in [0.2, 0.25) is 0 Å². The number of ether oxygens (including phenoxy) is 1. The minimum atomic E-state index is -0.450. The first-order chi connectivity index (χ1) is 8.36. The van der Waals surface area contributed by atoms with Gasteiger partial charge in [-0.2, -0.15) is 5.26 Å². The first-order valence-electron chi connectivity index (χ1n) is 6.77. The fourth-order valence-corrected chi connectivity index (χ4v) is 3.07. The third-order valence-electron chi connectivity index (χ3n) is 3.90. The molecule has 1 saturated heterocycles. The zero-order valence-corrected chi connectivity index (χ0v) is 11.5. The van der Waals surface area contributed by atoms with Gasteiger partial charge in [-0.15, -0.1) is 0 Å². The van der Waals surface area contributed by atoms with E-state index in [4.69, 9.17) is 10.00 Å². The summed E-state index contributed by atoms with van der Waals surface area (Å²) in [5.41, 5.74) is -0.533. The zero-order valence-electron chi connectivity index (χ0n) is 11.5. The normalized spacial score (nSPS) is 31.7. The predicted octanol–water partition coefficient (Wildman–Crippen LogP) is 3.08. The summed E-state index contributed by atoms with van der Waals surface area (Å²) in [7, 11) is 0. The smallest absolute Gasteiger partial charge is 0.410 e. The molecule has 0 aromatic carbocycles. The van der Waals surface area contributed by atoms with Crippen molar-refractivity contribution in [2.45, 2.75) is 64.0 Å². The van der Waals surface area contributed by atoms with Gasteiger partial charge in [-0.25, -0.2) is 4.79 Å². The molecular weight excluding hydrogens is 228 g/mol. The molecule has 100 valence electrons. The summed E-state index contributed by atoms with van der Waals surface area (Å²) >= 11 is 0. The van der Waals surface area contributed by atoms with E-state index in [-0.39, 0.29) is 17.6 Å². The molecule has 0 atom stereocenters. The molecule has 2 aliphatic rings. The largest absolute Gasteiger partial charge is 0.444 e. The zero-order chi connectivity index (χ0) is 13.4. The van der Waals surface area contributed by atoms with Crippen molar-refractivity contribution in [3.05, 3.63) is 0 Å². The Morgan fingerprint density at radius 3 is 2.61 bits per heavy atom. The number of likely N-dealkylation sites (tertiary alicyclic amines) is 1. The molecule has 1 saturated carbocycles. The van der Waals surface area contributed by atoms with Crippen molar-refractivity contribution in [2.24, 2.45) is 5.92 Å². The highest BCUT2D eigenvalue weighted by Gasteiger charge is 2.52. The molecule has 4 heteroatoms.